The Kier molecular flexibility index (Phi) is 3.59. The van der Waals surface area contributed by atoms with Gasteiger partial charge in [-0.05, 0) is 31.7 Å². The van der Waals surface area contributed by atoms with Gasteiger partial charge < -0.3 is 5.32 Å². The zero-order valence-electron chi connectivity index (χ0n) is 7.82. The van der Waals surface area contributed by atoms with Gasteiger partial charge in [0.1, 0.15) is 0 Å². The van der Waals surface area contributed by atoms with E-state index in [-0.39, 0.29) is 12.5 Å². The lowest BCUT2D eigenvalue weighted by Crippen LogP contribution is -2.32. The summed E-state index contributed by atoms with van der Waals surface area (Å²) >= 11 is 0. The van der Waals surface area contributed by atoms with Gasteiger partial charge >= 0.3 is 6.18 Å². The van der Waals surface area contributed by atoms with Crippen LogP contribution in [0.2, 0.25) is 0 Å². The Morgan fingerprint density at radius 1 is 1.38 bits per heavy atom. The second-order valence-electron chi connectivity index (χ2n) is 3.66. The Bertz CT molecular complexity index is 151. The normalized spacial score (nSPS) is 20.3. The third kappa shape index (κ3) is 4.50. The summed E-state index contributed by atoms with van der Waals surface area (Å²) in [6.45, 7) is 2.70. The lowest BCUT2D eigenvalue weighted by molar-refractivity contribution is -0.136. The van der Waals surface area contributed by atoms with Gasteiger partial charge in [0.05, 0.1) is 0 Å². The molecule has 1 nitrogen and oxygen atoms in total. The van der Waals surface area contributed by atoms with Gasteiger partial charge in [-0.15, -0.1) is 0 Å². The van der Waals surface area contributed by atoms with Gasteiger partial charge in [0.25, 0.3) is 0 Å². The molecule has 4 heteroatoms. The van der Waals surface area contributed by atoms with E-state index in [4.69, 9.17) is 0 Å². The van der Waals surface area contributed by atoms with Crippen LogP contribution in [-0.2, 0) is 0 Å². The van der Waals surface area contributed by atoms with E-state index < -0.39 is 12.6 Å². The fourth-order valence-electron chi connectivity index (χ4n) is 1.58. The Morgan fingerprint density at radius 3 is 2.38 bits per heavy atom. The van der Waals surface area contributed by atoms with Crippen molar-refractivity contribution in [2.75, 3.05) is 6.54 Å². The third-order valence-corrected chi connectivity index (χ3v) is 2.40. The monoisotopic (exact) mass is 195 g/mol. The second-order valence-corrected chi connectivity index (χ2v) is 3.66. The van der Waals surface area contributed by atoms with E-state index in [2.05, 4.69) is 5.32 Å². The minimum absolute atomic E-state index is 0.0895. The highest BCUT2D eigenvalue weighted by Crippen LogP contribution is 2.36. The number of rotatable bonds is 5. The standard InChI is InChI=1S/C9H16F3N/c1-2-13-8(7-3-4-7)5-6-9(10,11)12/h7-8,13H,2-6H2,1H3. The molecule has 0 bridgehead atoms. The first-order valence-electron chi connectivity index (χ1n) is 4.83. The van der Waals surface area contributed by atoms with Crippen LogP contribution in [-0.4, -0.2) is 18.8 Å². The fourth-order valence-corrected chi connectivity index (χ4v) is 1.58. The summed E-state index contributed by atoms with van der Waals surface area (Å²) < 4.78 is 35.7. The first kappa shape index (κ1) is 10.8. The van der Waals surface area contributed by atoms with E-state index in [1.807, 2.05) is 6.92 Å². The summed E-state index contributed by atoms with van der Waals surface area (Å²) in [7, 11) is 0. The molecule has 1 unspecified atom stereocenters. The Balaban J connectivity index is 2.22. The zero-order valence-corrected chi connectivity index (χ0v) is 7.82. The summed E-state index contributed by atoms with van der Waals surface area (Å²) in [4.78, 5) is 0. The Labute approximate surface area is 76.7 Å². The van der Waals surface area contributed by atoms with Gasteiger partial charge in [-0.3, -0.25) is 0 Å². The molecule has 0 aromatic rings. The average Bonchev–Trinajstić information content (AvgIpc) is 2.78. The summed E-state index contributed by atoms with van der Waals surface area (Å²) in [6.07, 6.45) is -2.23. The van der Waals surface area contributed by atoms with Crippen molar-refractivity contribution in [3.63, 3.8) is 0 Å². The molecule has 1 saturated carbocycles. The van der Waals surface area contributed by atoms with Gasteiger partial charge in [-0.2, -0.15) is 13.2 Å². The SMILES string of the molecule is CCNC(CCC(F)(F)F)C1CC1. The number of hydrogen-bond acceptors (Lipinski definition) is 1. The molecule has 0 heterocycles. The van der Waals surface area contributed by atoms with Crippen molar-refractivity contribution >= 4 is 0 Å². The van der Waals surface area contributed by atoms with E-state index in [0.29, 0.717) is 5.92 Å². The molecule has 1 N–H and O–H groups in total. The van der Waals surface area contributed by atoms with E-state index >= 15 is 0 Å². The number of hydrogen-bond donors (Lipinski definition) is 1. The fraction of sp³-hybridized carbons (Fsp3) is 1.00. The van der Waals surface area contributed by atoms with Crippen molar-refractivity contribution in [2.45, 2.75) is 44.8 Å². The highest BCUT2D eigenvalue weighted by molar-refractivity contribution is 4.86. The molecule has 78 valence electrons. The molecule has 0 aliphatic heterocycles. The maximum absolute atomic E-state index is 11.9. The minimum Gasteiger partial charge on any atom is -0.314 e. The van der Waals surface area contributed by atoms with Crippen LogP contribution in [0.1, 0.15) is 32.6 Å². The first-order valence-corrected chi connectivity index (χ1v) is 4.83. The van der Waals surface area contributed by atoms with Crippen LogP contribution in [0.3, 0.4) is 0 Å². The number of alkyl halides is 3. The van der Waals surface area contributed by atoms with Crippen molar-refractivity contribution in [1.29, 1.82) is 0 Å². The minimum atomic E-state index is -4.00. The predicted molar refractivity (Wildman–Crippen MR) is 45.5 cm³/mol. The molecule has 0 amide bonds. The molecule has 0 spiro atoms. The molecule has 1 fully saturated rings. The van der Waals surface area contributed by atoms with Crippen molar-refractivity contribution in [1.82, 2.24) is 5.32 Å². The van der Waals surface area contributed by atoms with Gasteiger partial charge in [-0.1, -0.05) is 6.92 Å². The molecular weight excluding hydrogens is 179 g/mol. The average molecular weight is 195 g/mol. The van der Waals surface area contributed by atoms with Crippen molar-refractivity contribution in [3.8, 4) is 0 Å². The summed E-state index contributed by atoms with van der Waals surface area (Å²) in [5, 5.41) is 3.12. The number of nitrogens with one attached hydrogen (secondary N) is 1. The maximum Gasteiger partial charge on any atom is 0.389 e. The molecule has 0 aromatic heterocycles. The second kappa shape index (κ2) is 4.31. The van der Waals surface area contributed by atoms with E-state index in [1.54, 1.807) is 0 Å². The van der Waals surface area contributed by atoms with Crippen LogP contribution in [0.4, 0.5) is 13.2 Å². The summed E-state index contributed by atoms with van der Waals surface area (Å²) in [5.41, 5.74) is 0. The maximum atomic E-state index is 11.9. The molecule has 13 heavy (non-hydrogen) atoms. The molecule has 1 aliphatic rings. The molecule has 0 saturated heterocycles. The third-order valence-electron chi connectivity index (χ3n) is 2.40. The van der Waals surface area contributed by atoms with Gasteiger partial charge in [0.15, 0.2) is 0 Å². The summed E-state index contributed by atoms with van der Waals surface area (Å²) in [5.74, 6) is 0.502. The van der Waals surface area contributed by atoms with Crippen LogP contribution in [0.25, 0.3) is 0 Å². The molecule has 0 radical (unpaired) electrons. The van der Waals surface area contributed by atoms with Crippen LogP contribution in [0.5, 0.6) is 0 Å². The molecule has 1 aliphatic carbocycles. The van der Waals surface area contributed by atoms with Crippen LogP contribution in [0.15, 0.2) is 0 Å². The van der Waals surface area contributed by atoms with Gasteiger partial charge in [0, 0.05) is 12.5 Å². The van der Waals surface area contributed by atoms with E-state index in [0.717, 1.165) is 19.4 Å². The van der Waals surface area contributed by atoms with Crippen molar-refractivity contribution < 1.29 is 13.2 Å². The lowest BCUT2D eigenvalue weighted by Gasteiger charge is -2.17. The molecule has 0 aromatic carbocycles. The molecule has 1 atom stereocenters. The van der Waals surface area contributed by atoms with Gasteiger partial charge in [0.2, 0.25) is 0 Å². The largest absolute Gasteiger partial charge is 0.389 e. The highest BCUT2D eigenvalue weighted by Gasteiger charge is 2.34. The molecule has 1 rings (SSSR count). The van der Waals surface area contributed by atoms with Crippen LogP contribution >= 0.6 is 0 Å². The highest BCUT2D eigenvalue weighted by atomic mass is 19.4. The van der Waals surface area contributed by atoms with Crippen molar-refractivity contribution in [3.05, 3.63) is 0 Å². The molecular formula is C9H16F3N. The quantitative estimate of drug-likeness (QED) is 0.711. The lowest BCUT2D eigenvalue weighted by atomic mass is 10.1. The topological polar surface area (TPSA) is 12.0 Å². The Morgan fingerprint density at radius 2 is 2.00 bits per heavy atom. The van der Waals surface area contributed by atoms with Crippen molar-refractivity contribution in [2.24, 2.45) is 5.92 Å². The summed E-state index contributed by atoms with van der Waals surface area (Å²) in [6, 6.07) is 0.0895. The number of halogens is 3. The van der Waals surface area contributed by atoms with E-state index in [9.17, 15) is 13.2 Å². The first-order chi connectivity index (χ1) is 6.03. The smallest absolute Gasteiger partial charge is 0.314 e. The van der Waals surface area contributed by atoms with Gasteiger partial charge in [-0.25, -0.2) is 0 Å². The van der Waals surface area contributed by atoms with E-state index in [1.165, 1.54) is 0 Å². The zero-order chi connectivity index (χ0) is 9.90. The predicted octanol–water partition coefficient (Wildman–Crippen LogP) is 2.72. The Hall–Kier alpha value is -0.250. The van der Waals surface area contributed by atoms with Crippen LogP contribution in [0, 0.1) is 5.92 Å². The van der Waals surface area contributed by atoms with Crippen LogP contribution < -0.4 is 5.32 Å².